The molecule has 1 N–H and O–H groups in total. The summed E-state index contributed by atoms with van der Waals surface area (Å²) >= 11 is 0. The summed E-state index contributed by atoms with van der Waals surface area (Å²) in [6.45, 7) is 9.89. The molecule has 1 saturated heterocycles. The van der Waals surface area contributed by atoms with E-state index in [0.29, 0.717) is 0 Å². The zero-order chi connectivity index (χ0) is 19.0. The molecule has 2 rings (SSSR count). The number of methoxy groups -OCH3 is 1. The highest BCUT2D eigenvalue weighted by Gasteiger charge is 2.27. The van der Waals surface area contributed by atoms with Crippen molar-refractivity contribution < 1.29 is 9.53 Å². The number of esters is 1. The molecule has 6 heteroatoms. The predicted molar refractivity (Wildman–Crippen MR) is 122 cm³/mol. The van der Waals surface area contributed by atoms with Crippen molar-refractivity contribution in [2.75, 3.05) is 33.3 Å². The Morgan fingerprint density at radius 2 is 1.89 bits per heavy atom. The first-order valence-corrected chi connectivity index (χ1v) is 9.60. The Hall–Kier alpha value is -1.31. The maximum Gasteiger partial charge on any atom is 0.308 e. The Labute approximate surface area is 181 Å². The number of rotatable bonds is 6. The monoisotopic (exact) mass is 487 g/mol. The van der Waals surface area contributed by atoms with Crippen molar-refractivity contribution in [2.45, 2.75) is 40.0 Å². The third kappa shape index (κ3) is 7.68. The maximum atomic E-state index is 11.7. The lowest BCUT2D eigenvalue weighted by Gasteiger charge is -2.34. The Balaban J connectivity index is 0.00000364. The Bertz CT molecular complexity index is 597. The highest BCUT2D eigenvalue weighted by atomic mass is 127. The van der Waals surface area contributed by atoms with Crippen molar-refractivity contribution in [3.8, 4) is 0 Å². The SMILES string of the molecule is CCNC(=NCC(C)(C)Cc1ccccc1)N1CCC(C(=O)OC)CC1.I. The summed E-state index contributed by atoms with van der Waals surface area (Å²) in [7, 11) is 1.47. The van der Waals surface area contributed by atoms with E-state index in [-0.39, 0.29) is 41.3 Å². The summed E-state index contributed by atoms with van der Waals surface area (Å²) in [5, 5.41) is 3.41. The second kappa shape index (κ2) is 11.5. The van der Waals surface area contributed by atoms with Crippen LogP contribution < -0.4 is 5.32 Å². The molecule has 0 spiro atoms. The van der Waals surface area contributed by atoms with E-state index in [9.17, 15) is 4.79 Å². The van der Waals surface area contributed by atoms with E-state index in [1.807, 2.05) is 0 Å². The van der Waals surface area contributed by atoms with Gasteiger partial charge in [-0.2, -0.15) is 0 Å². The summed E-state index contributed by atoms with van der Waals surface area (Å²) in [5.74, 6) is 0.890. The van der Waals surface area contributed by atoms with Gasteiger partial charge in [-0.3, -0.25) is 9.79 Å². The first kappa shape index (κ1) is 23.7. The third-order valence-electron chi connectivity index (χ3n) is 4.85. The lowest BCUT2D eigenvalue weighted by atomic mass is 9.86. The number of hydrogen-bond acceptors (Lipinski definition) is 3. The van der Waals surface area contributed by atoms with Crippen molar-refractivity contribution in [2.24, 2.45) is 16.3 Å². The van der Waals surface area contributed by atoms with Crippen molar-refractivity contribution in [3.63, 3.8) is 0 Å². The molecule has 0 amide bonds. The van der Waals surface area contributed by atoms with Gasteiger partial charge in [0.2, 0.25) is 0 Å². The Morgan fingerprint density at radius 3 is 2.44 bits per heavy atom. The molecule has 1 aliphatic heterocycles. The van der Waals surface area contributed by atoms with Crippen LogP contribution >= 0.6 is 24.0 Å². The summed E-state index contributed by atoms with van der Waals surface area (Å²) in [5.41, 5.74) is 1.43. The fraction of sp³-hybridized carbons (Fsp3) is 0.619. The lowest BCUT2D eigenvalue weighted by Crippen LogP contribution is -2.47. The number of carbonyl (C=O) groups excluding carboxylic acids is 1. The van der Waals surface area contributed by atoms with Gasteiger partial charge in [0.15, 0.2) is 5.96 Å². The van der Waals surface area contributed by atoms with Gasteiger partial charge in [-0.15, -0.1) is 24.0 Å². The van der Waals surface area contributed by atoms with Crippen LogP contribution in [0.1, 0.15) is 39.2 Å². The standard InChI is InChI=1S/C21H33N3O2.HI/c1-5-22-20(24-13-11-18(12-14-24)19(25)26-4)23-16-21(2,3)15-17-9-7-6-8-10-17;/h6-10,18H,5,11-16H2,1-4H3,(H,22,23);1H. The van der Waals surface area contributed by atoms with Crippen molar-refractivity contribution in [1.82, 2.24) is 10.2 Å². The highest BCUT2D eigenvalue weighted by molar-refractivity contribution is 14.0. The number of ether oxygens (including phenoxy) is 1. The van der Waals surface area contributed by atoms with Gasteiger partial charge in [-0.1, -0.05) is 44.2 Å². The van der Waals surface area contributed by atoms with Crippen LogP contribution in [-0.2, 0) is 16.0 Å². The van der Waals surface area contributed by atoms with Crippen LogP contribution in [0.2, 0.25) is 0 Å². The van der Waals surface area contributed by atoms with Gasteiger partial charge >= 0.3 is 5.97 Å². The molecule has 27 heavy (non-hydrogen) atoms. The summed E-state index contributed by atoms with van der Waals surface area (Å²) in [6.07, 6.45) is 2.65. The van der Waals surface area contributed by atoms with E-state index < -0.39 is 0 Å². The molecule has 0 radical (unpaired) electrons. The van der Waals surface area contributed by atoms with E-state index in [4.69, 9.17) is 9.73 Å². The van der Waals surface area contributed by atoms with Gasteiger partial charge in [-0.25, -0.2) is 0 Å². The molecule has 1 fully saturated rings. The van der Waals surface area contributed by atoms with E-state index in [0.717, 1.165) is 51.4 Å². The van der Waals surface area contributed by atoms with Crippen LogP contribution in [0.3, 0.4) is 0 Å². The number of piperidine rings is 1. The van der Waals surface area contributed by atoms with E-state index in [1.165, 1.54) is 12.7 Å². The Morgan fingerprint density at radius 1 is 1.26 bits per heavy atom. The third-order valence-corrected chi connectivity index (χ3v) is 4.85. The molecule has 1 aliphatic rings. The minimum Gasteiger partial charge on any atom is -0.469 e. The molecular weight excluding hydrogens is 453 g/mol. The normalized spacial score (nSPS) is 15.9. The van der Waals surface area contributed by atoms with E-state index in [1.54, 1.807) is 0 Å². The van der Waals surface area contributed by atoms with Crippen LogP contribution in [0.15, 0.2) is 35.3 Å². The zero-order valence-corrected chi connectivity index (χ0v) is 19.4. The topological polar surface area (TPSA) is 53.9 Å². The minimum atomic E-state index is -0.0874. The molecule has 1 aromatic rings. The number of hydrogen-bond donors (Lipinski definition) is 1. The number of halogens is 1. The second-order valence-corrected chi connectivity index (χ2v) is 7.78. The fourth-order valence-corrected chi connectivity index (χ4v) is 3.41. The number of guanidine groups is 1. The summed E-state index contributed by atoms with van der Waals surface area (Å²) < 4.78 is 4.88. The molecule has 5 nitrogen and oxygen atoms in total. The van der Waals surface area contributed by atoms with Crippen molar-refractivity contribution in [1.29, 1.82) is 0 Å². The van der Waals surface area contributed by atoms with E-state index in [2.05, 4.69) is 61.3 Å². The first-order chi connectivity index (χ1) is 12.4. The highest BCUT2D eigenvalue weighted by Crippen LogP contribution is 2.23. The molecule has 1 aromatic carbocycles. The van der Waals surface area contributed by atoms with E-state index >= 15 is 0 Å². The number of likely N-dealkylation sites (tertiary alicyclic amines) is 1. The summed E-state index contributed by atoms with van der Waals surface area (Å²) in [4.78, 5) is 18.9. The Kier molecular flexibility index (Phi) is 10.1. The van der Waals surface area contributed by atoms with Crippen LogP contribution in [0.25, 0.3) is 0 Å². The molecule has 152 valence electrons. The fourth-order valence-electron chi connectivity index (χ4n) is 3.41. The minimum absolute atomic E-state index is 0. The number of nitrogens with zero attached hydrogens (tertiary/aromatic N) is 2. The van der Waals surface area contributed by atoms with Gasteiger partial charge < -0.3 is 15.0 Å². The predicted octanol–water partition coefficient (Wildman–Crippen LogP) is 3.72. The number of benzene rings is 1. The largest absolute Gasteiger partial charge is 0.469 e. The smallest absolute Gasteiger partial charge is 0.308 e. The number of carbonyl (C=O) groups is 1. The van der Waals surface area contributed by atoms with Crippen molar-refractivity contribution >= 4 is 35.9 Å². The molecule has 1 heterocycles. The number of nitrogens with one attached hydrogen (secondary N) is 1. The van der Waals surface area contributed by atoms with Gasteiger partial charge in [0.25, 0.3) is 0 Å². The molecule has 0 aliphatic carbocycles. The molecule has 0 unspecified atom stereocenters. The average Bonchev–Trinajstić information content (AvgIpc) is 2.65. The van der Waals surface area contributed by atoms with Gasteiger partial charge in [0, 0.05) is 26.2 Å². The van der Waals surface area contributed by atoms with Crippen molar-refractivity contribution in [3.05, 3.63) is 35.9 Å². The zero-order valence-electron chi connectivity index (χ0n) is 17.0. The molecule has 0 bridgehead atoms. The molecule has 0 atom stereocenters. The first-order valence-electron chi connectivity index (χ1n) is 9.60. The van der Waals surface area contributed by atoms with Crippen LogP contribution in [0.4, 0.5) is 0 Å². The van der Waals surface area contributed by atoms with Crippen LogP contribution in [-0.4, -0.2) is 50.1 Å². The number of aliphatic imine (C=N–C) groups is 1. The second-order valence-electron chi connectivity index (χ2n) is 7.78. The average molecular weight is 487 g/mol. The van der Waals surface area contributed by atoms with Gasteiger partial charge in [0.1, 0.15) is 0 Å². The summed E-state index contributed by atoms with van der Waals surface area (Å²) in [6, 6.07) is 10.6. The maximum absolute atomic E-state index is 11.7. The lowest BCUT2D eigenvalue weighted by molar-refractivity contribution is -0.146. The van der Waals surface area contributed by atoms with Gasteiger partial charge in [0.05, 0.1) is 13.0 Å². The van der Waals surface area contributed by atoms with Crippen LogP contribution in [0, 0.1) is 11.3 Å². The molecule has 0 aromatic heterocycles. The van der Waals surface area contributed by atoms with Gasteiger partial charge in [-0.05, 0) is 37.2 Å². The quantitative estimate of drug-likeness (QED) is 0.288. The molecular formula is C21H34IN3O2. The molecule has 0 saturated carbocycles. The van der Waals surface area contributed by atoms with Crippen LogP contribution in [0.5, 0.6) is 0 Å².